The van der Waals surface area contributed by atoms with E-state index in [4.69, 9.17) is 11.0 Å². The third kappa shape index (κ3) is 2.64. The fourth-order valence-corrected chi connectivity index (χ4v) is 2.68. The topological polar surface area (TPSA) is 62.7 Å². The number of nitrogens with zero attached hydrogens (tertiary/aromatic N) is 2. The van der Waals surface area contributed by atoms with Crippen LogP contribution in [0.3, 0.4) is 0 Å². The highest BCUT2D eigenvalue weighted by Gasteiger charge is 2.14. The molecule has 0 amide bonds. The molecule has 0 aliphatic heterocycles. The number of hydrogen-bond acceptors (Lipinski definition) is 4. The lowest BCUT2D eigenvalue weighted by atomic mass is 10.1. The van der Waals surface area contributed by atoms with Gasteiger partial charge in [-0.05, 0) is 38.1 Å². The van der Waals surface area contributed by atoms with Crippen LogP contribution in [0, 0.1) is 24.1 Å². The third-order valence-electron chi connectivity index (χ3n) is 2.63. The summed E-state index contributed by atoms with van der Waals surface area (Å²) in [6.07, 6.45) is 0. The molecule has 2 rings (SSSR count). The van der Waals surface area contributed by atoms with Crippen molar-refractivity contribution < 1.29 is 4.39 Å². The standard InChI is InChI=1S/C14H12FN3S/c1-8(17)12(7-16)14-18-13(9(2)19-14)10-3-5-11(15)6-4-10/h3-6H,17H2,1-2H3/b12-8-. The average molecular weight is 273 g/mol. The first-order chi connectivity index (χ1) is 9.02. The summed E-state index contributed by atoms with van der Waals surface area (Å²) in [5.41, 5.74) is 8.09. The molecule has 2 aromatic rings. The Labute approximate surface area is 114 Å². The molecule has 2 N–H and O–H groups in total. The van der Waals surface area contributed by atoms with E-state index in [-0.39, 0.29) is 5.82 Å². The number of benzene rings is 1. The Hall–Kier alpha value is -2.19. The molecule has 0 spiro atoms. The number of nitrogens with two attached hydrogens (primary N) is 1. The SMILES string of the molecule is C/C(N)=C(\C#N)c1nc(-c2ccc(F)cc2)c(C)s1. The van der Waals surface area contributed by atoms with Gasteiger partial charge in [-0.25, -0.2) is 9.37 Å². The number of aromatic nitrogens is 1. The van der Waals surface area contributed by atoms with Gasteiger partial charge < -0.3 is 5.73 Å². The highest BCUT2D eigenvalue weighted by molar-refractivity contribution is 7.13. The highest BCUT2D eigenvalue weighted by Crippen LogP contribution is 2.31. The summed E-state index contributed by atoms with van der Waals surface area (Å²) in [6, 6.07) is 8.19. The lowest BCUT2D eigenvalue weighted by Gasteiger charge is -1.98. The van der Waals surface area contributed by atoms with Gasteiger partial charge in [0.2, 0.25) is 0 Å². The maximum Gasteiger partial charge on any atom is 0.136 e. The molecule has 19 heavy (non-hydrogen) atoms. The summed E-state index contributed by atoms with van der Waals surface area (Å²) in [5.74, 6) is -0.285. The third-order valence-corrected chi connectivity index (χ3v) is 3.62. The number of aryl methyl sites for hydroxylation is 1. The Kier molecular flexibility index (Phi) is 3.63. The molecule has 0 aliphatic carbocycles. The monoisotopic (exact) mass is 273 g/mol. The number of allylic oxidation sites excluding steroid dienone is 2. The molecule has 0 saturated heterocycles. The van der Waals surface area contributed by atoms with Crippen molar-refractivity contribution in [2.24, 2.45) is 5.73 Å². The Bertz CT molecular complexity index is 674. The molecular formula is C14H12FN3S. The summed E-state index contributed by atoms with van der Waals surface area (Å²) in [5, 5.41) is 9.68. The molecule has 1 aromatic carbocycles. The second-order valence-corrected chi connectivity index (χ2v) is 5.30. The largest absolute Gasteiger partial charge is 0.401 e. The van der Waals surface area contributed by atoms with Crippen LogP contribution in [0.2, 0.25) is 0 Å². The van der Waals surface area contributed by atoms with Crippen molar-refractivity contribution in [1.82, 2.24) is 4.98 Å². The first-order valence-electron chi connectivity index (χ1n) is 5.63. The van der Waals surface area contributed by atoms with E-state index >= 15 is 0 Å². The molecular weight excluding hydrogens is 261 g/mol. The van der Waals surface area contributed by atoms with Gasteiger partial charge in [-0.1, -0.05) is 0 Å². The molecule has 1 heterocycles. The summed E-state index contributed by atoms with van der Waals surface area (Å²) in [7, 11) is 0. The van der Waals surface area contributed by atoms with Crippen LogP contribution >= 0.6 is 11.3 Å². The van der Waals surface area contributed by atoms with Crippen LogP contribution < -0.4 is 5.73 Å². The molecule has 96 valence electrons. The minimum atomic E-state index is -0.285. The number of rotatable bonds is 2. The van der Waals surface area contributed by atoms with Crippen molar-refractivity contribution in [3.8, 4) is 17.3 Å². The first-order valence-corrected chi connectivity index (χ1v) is 6.44. The predicted octanol–water partition coefficient (Wildman–Crippen LogP) is 3.47. The number of nitriles is 1. The normalized spacial score (nSPS) is 11.9. The van der Waals surface area contributed by atoms with Gasteiger partial charge in [-0.15, -0.1) is 11.3 Å². The molecule has 3 nitrogen and oxygen atoms in total. The van der Waals surface area contributed by atoms with Gasteiger partial charge in [0.15, 0.2) is 0 Å². The molecule has 0 aliphatic rings. The number of hydrogen-bond donors (Lipinski definition) is 1. The van der Waals surface area contributed by atoms with E-state index < -0.39 is 0 Å². The van der Waals surface area contributed by atoms with E-state index in [9.17, 15) is 4.39 Å². The van der Waals surface area contributed by atoms with E-state index in [1.807, 2.05) is 6.92 Å². The molecule has 0 unspecified atom stereocenters. The van der Waals surface area contributed by atoms with Crippen LogP contribution in [-0.4, -0.2) is 4.98 Å². The molecule has 0 bridgehead atoms. The van der Waals surface area contributed by atoms with Gasteiger partial charge in [0.1, 0.15) is 22.5 Å². The van der Waals surface area contributed by atoms with Gasteiger partial charge >= 0.3 is 0 Å². The first kappa shape index (κ1) is 13.2. The smallest absolute Gasteiger partial charge is 0.136 e. The zero-order valence-electron chi connectivity index (χ0n) is 10.6. The van der Waals surface area contributed by atoms with Crippen molar-refractivity contribution in [1.29, 1.82) is 5.26 Å². The summed E-state index contributed by atoms with van der Waals surface area (Å²) >= 11 is 1.41. The predicted molar refractivity (Wildman–Crippen MR) is 74.6 cm³/mol. The minimum Gasteiger partial charge on any atom is -0.401 e. The zero-order valence-corrected chi connectivity index (χ0v) is 11.4. The second-order valence-electron chi connectivity index (χ2n) is 4.10. The van der Waals surface area contributed by atoms with Crippen LogP contribution in [0.1, 0.15) is 16.8 Å². The molecule has 0 saturated carbocycles. The average Bonchev–Trinajstić information content (AvgIpc) is 2.72. The molecule has 0 atom stereocenters. The van der Waals surface area contributed by atoms with Gasteiger partial charge in [-0.3, -0.25) is 0 Å². The second kappa shape index (κ2) is 5.21. The maximum absolute atomic E-state index is 12.9. The van der Waals surface area contributed by atoms with E-state index in [1.54, 1.807) is 19.1 Å². The molecule has 1 aromatic heterocycles. The fraction of sp³-hybridized carbons (Fsp3) is 0.143. The van der Waals surface area contributed by atoms with Crippen LogP contribution in [0.25, 0.3) is 16.8 Å². The van der Waals surface area contributed by atoms with E-state index in [0.717, 1.165) is 16.1 Å². The van der Waals surface area contributed by atoms with Crippen molar-refractivity contribution in [3.05, 3.63) is 45.7 Å². The lowest BCUT2D eigenvalue weighted by molar-refractivity contribution is 0.628. The van der Waals surface area contributed by atoms with Crippen LogP contribution in [-0.2, 0) is 0 Å². The van der Waals surface area contributed by atoms with E-state index in [1.165, 1.54) is 23.5 Å². The summed E-state index contributed by atoms with van der Waals surface area (Å²) in [4.78, 5) is 5.41. The summed E-state index contributed by atoms with van der Waals surface area (Å²) in [6.45, 7) is 3.59. The van der Waals surface area contributed by atoms with Crippen molar-refractivity contribution in [3.63, 3.8) is 0 Å². The highest BCUT2D eigenvalue weighted by atomic mass is 32.1. The molecule has 0 radical (unpaired) electrons. The number of halogens is 1. The van der Waals surface area contributed by atoms with Gasteiger partial charge in [0.25, 0.3) is 0 Å². The Morgan fingerprint density at radius 3 is 2.53 bits per heavy atom. The van der Waals surface area contributed by atoms with E-state index in [0.29, 0.717) is 16.3 Å². The number of thiazole rings is 1. The Balaban J connectivity index is 2.51. The van der Waals surface area contributed by atoms with E-state index in [2.05, 4.69) is 11.1 Å². The Morgan fingerprint density at radius 2 is 2.00 bits per heavy atom. The lowest BCUT2D eigenvalue weighted by Crippen LogP contribution is -1.96. The molecule has 5 heteroatoms. The van der Waals surface area contributed by atoms with Crippen LogP contribution in [0.15, 0.2) is 30.0 Å². The molecule has 0 fully saturated rings. The van der Waals surface area contributed by atoms with Crippen molar-refractivity contribution in [2.45, 2.75) is 13.8 Å². The van der Waals surface area contributed by atoms with Gasteiger partial charge in [0.05, 0.1) is 5.69 Å². The quantitative estimate of drug-likeness (QED) is 0.852. The summed E-state index contributed by atoms with van der Waals surface area (Å²) < 4.78 is 12.9. The van der Waals surface area contributed by atoms with Gasteiger partial charge in [-0.2, -0.15) is 5.26 Å². The Morgan fingerprint density at radius 1 is 1.37 bits per heavy atom. The van der Waals surface area contributed by atoms with Crippen LogP contribution in [0.4, 0.5) is 4.39 Å². The van der Waals surface area contributed by atoms with Crippen LogP contribution in [0.5, 0.6) is 0 Å². The maximum atomic E-state index is 12.9. The van der Waals surface area contributed by atoms with Crippen molar-refractivity contribution in [2.75, 3.05) is 0 Å². The van der Waals surface area contributed by atoms with Gasteiger partial charge in [0, 0.05) is 16.1 Å². The minimum absolute atomic E-state index is 0.285. The fourth-order valence-electron chi connectivity index (χ4n) is 1.68. The van der Waals surface area contributed by atoms with Crippen molar-refractivity contribution >= 4 is 16.9 Å². The zero-order chi connectivity index (χ0) is 14.0.